The average Bonchev–Trinajstić information content (AvgIpc) is 2.62. The molecular weight excluding hydrogens is 551 g/mol. The van der Waals surface area contributed by atoms with Crippen LogP contribution in [0.1, 0.15) is 6.42 Å². The Morgan fingerprint density at radius 3 is 2.59 bits per heavy atom. The monoisotopic (exact) mass is 576 g/mol. The topological polar surface area (TPSA) is 100 Å². The smallest absolute Gasteiger partial charge is 0.232 e. The summed E-state index contributed by atoms with van der Waals surface area (Å²) in [6.45, 7) is 3.64. The minimum Gasteiger partial charge on any atom is -0.480 e. The molecule has 27 heavy (non-hydrogen) atoms. The van der Waals surface area contributed by atoms with Gasteiger partial charge in [-0.2, -0.15) is 4.98 Å². The molecule has 0 bridgehead atoms. The number of halogens is 2. The van der Waals surface area contributed by atoms with Gasteiger partial charge in [-0.05, 0) is 22.4 Å². The van der Waals surface area contributed by atoms with Crippen molar-refractivity contribution < 1.29 is 13.2 Å². The van der Waals surface area contributed by atoms with E-state index in [1.54, 1.807) is 20.4 Å². The molecule has 9 nitrogen and oxygen atoms in total. The molecule has 1 aromatic rings. The van der Waals surface area contributed by atoms with E-state index in [0.29, 0.717) is 24.8 Å². The van der Waals surface area contributed by atoms with Crippen molar-refractivity contribution in [3.05, 3.63) is 10.7 Å². The first-order valence-electron chi connectivity index (χ1n) is 8.29. The number of anilines is 1. The number of rotatable bonds is 6. The van der Waals surface area contributed by atoms with Crippen LogP contribution in [0.3, 0.4) is 0 Å². The molecule has 1 saturated heterocycles. The molecule has 154 valence electrons. The first kappa shape index (κ1) is 24.1. The molecule has 0 saturated carbocycles. The Bertz CT molecular complexity index is 741. The minimum absolute atomic E-state index is 0. The third-order valence-electron chi connectivity index (χ3n) is 3.94. The highest BCUT2D eigenvalue weighted by molar-refractivity contribution is 14.0. The van der Waals surface area contributed by atoms with E-state index in [0.717, 1.165) is 36.6 Å². The number of hydrogen-bond acceptors (Lipinski definition) is 7. The van der Waals surface area contributed by atoms with Crippen molar-refractivity contribution in [1.82, 2.24) is 20.2 Å². The van der Waals surface area contributed by atoms with Gasteiger partial charge < -0.3 is 19.9 Å². The Hall–Kier alpha value is -0.890. The van der Waals surface area contributed by atoms with E-state index in [1.165, 1.54) is 6.26 Å². The highest BCUT2D eigenvalue weighted by Crippen LogP contribution is 2.23. The zero-order valence-corrected chi connectivity index (χ0v) is 20.4. The second kappa shape index (κ2) is 11.2. The van der Waals surface area contributed by atoms with Gasteiger partial charge in [-0.15, -0.1) is 24.0 Å². The fraction of sp³-hybridized carbons (Fsp3) is 0.667. The quantitative estimate of drug-likeness (QED) is 0.232. The lowest BCUT2D eigenvalue weighted by Crippen LogP contribution is -2.53. The van der Waals surface area contributed by atoms with Crippen LogP contribution in [0.15, 0.2) is 15.7 Å². The van der Waals surface area contributed by atoms with Crippen LogP contribution < -0.4 is 15.0 Å². The van der Waals surface area contributed by atoms with Crippen molar-refractivity contribution in [3.63, 3.8) is 0 Å². The van der Waals surface area contributed by atoms with Gasteiger partial charge in [0.05, 0.1) is 23.5 Å². The summed E-state index contributed by atoms with van der Waals surface area (Å²) < 4.78 is 28.3. The summed E-state index contributed by atoms with van der Waals surface area (Å²) in [5.41, 5.74) is 0. The summed E-state index contributed by atoms with van der Waals surface area (Å²) in [5.74, 6) is 2.11. The minimum atomic E-state index is -2.93. The van der Waals surface area contributed by atoms with Crippen molar-refractivity contribution in [2.45, 2.75) is 6.42 Å². The van der Waals surface area contributed by atoms with Crippen molar-refractivity contribution in [2.24, 2.45) is 4.99 Å². The molecule has 1 aliphatic heterocycles. The predicted molar refractivity (Wildman–Crippen MR) is 121 cm³/mol. The molecule has 2 heterocycles. The lowest BCUT2D eigenvalue weighted by atomic mass is 10.3. The molecule has 0 spiro atoms. The molecule has 0 atom stereocenters. The van der Waals surface area contributed by atoms with E-state index in [-0.39, 0.29) is 29.7 Å². The van der Waals surface area contributed by atoms with E-state index in [1.807, 2.05) is 0 Å². The van der Waals surface area contributed by atoms with Crippen LogP contribution >= 0.6 is 39.9 Å². The van der Waals surface area contributed by atoms with Gasteiger partial charge in [-0.1, -0.05) is 0 Å². The van der Waals surface area contributed by atoms with Crippen molar-refractivity contribution >= 4 is 61.7 Å². The summed E-state index contributed by atoms with van der Waals surface area (Å²) in [5, 5.41) is 3.23. The average molecular weight is 577 g/mol. The Morgan fingerprint density at radius 2 is 2.04 bits per heavy atom. The predicted octanol–water partition coefficient (Wildman–Crippen LogP) is 0.998. The second-order valence-corrected chi connectivity index (χ2v) is 9.07. The fourth-order valence-electron chi connectivity index (χ4n) is 2.62. The van der Waals surface area contributed by atoms with Gasteiger partial charge in [0.2, 0.25) is 11.8 Å². The first-order valence-corrected chi connectivity index (χ1v) is 11.1. The van der Waals surface area contributed by atoms with Gasteiger partial charge in [-0.25, -0.2) is 13.4 Å². The molecule has 1 aromatic heterocycles. The molecule has 0 unspecified atom stereocenters. The Morgan fingerprint density at radius 1 is 1.37 bits per heavy atom. The highest BCUT2D eigenvalue weighted by Gasteiger charge is 2.22. The van der Waals surface area contributed by atoms with Crippen LogP contribution in [-0.4, -0.2) is 88.1 Å². The summed E-state index contributed by atoms with van der Waals surface area (Å²) >= 11 is 3.36. The Balaban J connectivity index is 0.00000364. The van der Waals surface area contributed by atoms with E-state index < -0.39 is 9.84 Å². The maximum Gasteiger partial charge on any atom is 0.232 e. The molecule has 0 radical (unpaired) electrons. The zero-order valence-electron chi connectivity index (χ0n) is 15.7. The van der Waals surface area contributed by atoms with Gasteiger partial charge >= 0.3 is 0 Å². The summed E-state index contributed by atoms with van der Waals surface area (Å²) in [6.07, 6.45) is 3.50. The number of sulfone groups is 1. The molecule has 2 rings (SSSR count). The Labute approximate surface area is 186 Å². The molecule has 1 aliphatic rings. The van der Waals surface area contributed by atoms with Gasteiger partial charge in [0.25, 0.3) is 0 Å². The van der Waals surface area contributed by atoms with Gasteiger partial charge in [0, 0.05) is 46.0 Å². The van der Waals surface area contributed by atoms with Gasteiger partial charge in [0.15, 0.2) is 5.96 Å². The number of ether oxygens (including phenoxy) is 1. The maximum absolute atomic E-state index is 11.2. The Kier molecular flexibility index (Phi) is 10.0. The lowest BCUT2D eigenvalue weighted by Gasteiger charge is -2.36. The summed E-state index contributed by atoms with van der Waals surface area (Å²) in [6, 6.07) is 0. The zero-order chi connectivity index (χ0) is 19.2. The van der Waals surface area contributed by atoms with Crippen LogP contribution in [0, 0.1) is 0 Å². The molecule has 1 N–H and O–H groups in total. The maximum atomic E-state index is 11.2. The highest BCUT2D eigenvalue weighted by atomic mass is 127. The molecule has 0 amide bonds. The summed E-state index contributed by atoms with van der Waals surface area (Å²) in [4.78, 5) is 17.3. The van der Waals surface area contributed by atoms with Crippen LogP contribution in [0.2, 0.25) is 0 Å². The number of aromatic nitrogens is 2. The third-order valence-corrected chi connectivity index (χ3v) is 5.52. The van der Waals surface area contributed by atoms with Crippen molar-refractivity contribution in [2.75, 3.05) is 63.8 Å². The molecule has 1 fully saturated rings. The number of nitrogens with zero attached hydrogens (tertiary/aromatic N) is 5. The standard InChI is InChI=1S/C15H25BrN6O3S.HI/c1-17-14(18-5-4-10-26(3,23)24)21-6-8-22(9-7-21)15-19-11-12(16)13(20-15)25-2;/h11H,4-10H2,1-3H3,(H,17,18);1H. The van der Waals surface area contributed by atoms with Crippen molar-refractivity contribution in [3.8, 4) is 5.88 Å². The molecule has 0 aliphatic carbocycles. The second-order valence-electron chi connectivity index (χ2n) is 5.96. The van der Waals surface area contributed by atoms with E-state index in [9.17, 15) is 8.42 Å². The SMILES string of the molecule is CN=C(NCCCS(C)(=O)=O)N1CCN(c2ncc(Br)c(OC)n2)CC1.I. The fourth-order valence-corrected chi connectivity index (χ4v) is 3.64. The number of aliphatic imine (C=N–C) groups is 1. The van der Waals surface area contributed by atoms with Crippen LogP contribution in [0.4, 0.5) is 5.95 Å². The number of piperazine rings is 1. The first-order chi connectivity index (χ1) is 12.3. The van der Waals surface area contributed by atoms with Crippen LogP contribution in [0.25, 0.3) is 0 Å². The van der Waals surface area contributed by atoms with E-state index in [2.05, 4.69) is 46.0 Å². The van der Waals surface area contributed by atoms with Crippen molar-refractivity contribution in [1.29, 1.82) is 0 Å². The molecule has 0 aromatic carbocycles. The number of hydrogen-bond donors (Lipinski definition) is 1. The number of nitrogens with one attached hydrogen (secondary N) is 1. The van der Waals surface area contributed by atoms with E-state index >= 15 is 0 Å². The normalized spacial score (nSPS) is 15.3. The third kappa shape index (κ3) is 7.56. The lowest BCUT2D eigenvalue weighted by molar-refractivity contribution is 0.366. The largest absolute Gasteiger partial charge is 0.480 e. The van der Waals surface area contributed by atoms with Crippen LogP contribution in [0.5, 0.6) is 5.88 Å². The number of methoxy groups -OCH3 is 1. The molecular formula is C15H26BrIN6O3S. The number of guanidine groups is 1. The van der Waals surface area contributed by atoms with E-state index in [4.69, 9.17) is 4.74 Å². The van der Waals surface area contributed by atoms with Gasteiger partial charge in [0.1, 0.15) is 9.84 Å². The van der Waals surface area contributed by atoms with Crippen LogP contribution in [-0.2, 0) is 9.84 Å². The molecule has 12 heteroatoms. The summed E-state index contributed by atoms with van der Waals surface area (Å²) in [7, 11) is 0.380. The van der Waals surface area contributed by atoms with Gasteiger partial charge in [-0.3, -0.25) is 4.99 Å².